The summed E-state index contributed by atoms with van der Waals surface area (Å²) in [6, 6.07) is 5.55. The van der Waals surface area contributed by atoms with Crippen LogP contribution in [0.1, 0.15) is 22.3 Å². The maximum Gasteiger partial charge on any atom is 0.416 e. The monoisotopic (exact) mass is 425 g/mol. The fraction of sp³-hybridized carbons (Fsp3) is 0.188. The van der Waals surface area contributed by atoms with Gasteiger partial charge < -0.3 is 5.11 Å². The van der Waals surface area contributed by atoms with Gasteiger partial charge in [-0.15, -0.1) is 3.89 Å². The summed E-state index contributed by atoms with van der Waals surface area (Å²) in [5, 5.41) is 11.0. The number of hydrogen-bond acceptors (Lipinski definition) is 3. The molecule has 1 heterocycles. The minimum absolute atomic E-state index is 0.148. The number of anilines is 1. The van der Waals surface area contributed by atoms with Crippen LogP contribution in [-0.2, 0) is 16.6 Å². The molecule has 0 aliphatic carbocycles. The zero-order valence-corrected chi connectivity index (χ0v) is 15.2. The molecule has 138 valence electrons. The third kappa shape index (κ3) is 2.76. The molecule has 1 aliphatic heterocycles. The van der Waals surface area contributed by atoms with Gasteiger partial charge in [-0.1, -0.05) is 29.3 Å². The Hall–Kier alpha value is -1.48. The summed E-state index contributed by atoms with van der Waals surface area (Å²) in [6.07, 6.45) is -4.89. The quantitative estimate of drug-likeness (QED) is 0.514. The number of fused-ring (bicyclic) bond motifs is 1. The molecular weight excluding hydrogens is 417 g/mol. The summed E-state index contributed by atoms with van der Waals surface area (Å²) < 4.78 is 54.6. The maximum atomic E-state index is 13.6. The molecule has 1 unspecified atom stereocenters. The van der Waals surface area contributed by atoms with Crippen molar-refractivity contribution in [2.24, 2.45) is 0 Å². The van der Waals surface area contributed by atoms with Gasteiger partial charge in [0.05, 0.1) is 11.3 Å². The van der Waals surface area contributed by atoms with Crippen molar-refractivity contribution in [3.8, 4) is 0 Å². The number of benzene rings is 2. The number of nitrogens with zero attached hydrogens (tertiary/aromatic N) is 1. The second kappa shape index (κ2) is 6.30. The minimum atomic E-state index is -4.89. The summed E-state index contributed by atoms with van der Waals surface area (Å²) in [7, 11) is 0. The lowest BCUT2D eigenvalue weighted by Crippen LogP contribution is -2.39. The second-order valence-electron chi connectivity index (χ2n) is 5.71. The Balaban J connectivity index is 2.42. The molecule has 0 radical (unpaired) electrons. The normalized spacial score (nSPS) is 19.8. The molecule has 0 saturated heterocycles. The Morgan fingerprint density at radius 2 is 1.85 bits per heavy atom. The highest BCUT2D eigenvalue weighted by Gasteiger charge is 2.57. The molecule has 10 heteroatoms. The van der Waals surface area contributed by atoms with E-state index in [0.29, 0.717) is 4.31 Å². The molecule has 1 aliphatic rings. The topological polar surface area (TPSA) is 40.5 Å². The van der Waals surface area contributed by atoms with Gasteiger partial charge in [-0.2, -0.15) is 13.2 Å². The molecule has 3 nitrogen and oxygen atoms in total. The first kappa shape index (κ1) is 19.3. The van der Waals surface area contributed by atoms with E-state index in [4.69, 9.17) is 23.2 Å². The van der Waals surface area contributed by atoms with E-state index in [2.05, 4.69) is 0 Å². The molecule has 26 heavy (non-hydrogen) atoms. The van der Waals surface area contributed by atoms with Gasteiger partial charge in [-0.05, 0) is 36.8 Å². The highest BCUT2D eigenvalue weighted by Crippen LogP contribution is 2.53. The van der Waals surface area contributed by atoms with E-state index in [1.807, 2.05) is 0 Å². The first-order valence-corrected chi connectivity index (χ1v) is 8.48. The summed E-state index contributed by atoms with van der Waals surface area (Å²) in [4.78, 5) is 12.7. The highest BCUT2D eigenvalue weighted by molar-refractivity contribution is 7.96. The van der Waals surface area contributed by atoms with E-state index in [0.717, 1.165) is 12.1 Å². The predicted octanol–water partition coefficient (Wildman–Crippen LogP) is 5.44. The second-order valence-corrected chi connectivity index (χ2v) is 7.05. The van der Waals surface area contributed by atoms with E-state index in [1.54, 1.807) is 0 Å². The number of carbonyl (C=O) groups excluding carboxylic acids is 1. The van der Waals surface area contributed by atoms with Crippen LogP contribution in [0.2, 0.25) is 10.0 Å². The van der Waals surface area contributed by atoms with Crippen molar-refractivity contribution in [1.29, 1.82) is 0 Å². The lowest BCUT2D eigenvalue weighted by molar-refractivity contribution is -0.141. The number of amides is 1. The Morgan fingerprint density at radius 1 is 1.19 bits per heavy atom. The molecule has 1 N–H and O–H groups in total. The van der Waals surface area contributed by atoms with Crippen LogP contribution in [0.5, 0.6) is 0 Å². The number of alkyl halides is 3. The van der Waals surface area contributed by atoms with E-state index in [9.17, 15) is 27.0 Å². The number of carbonyl (C=O) groups is 1. The van der Waals surface area contributed by atoms with E-state index < -0.39 is 41.1 Å². The first-order chi connectivity index (χ1) is 12.0. The van der Waals surface area contributed by atoms with Crippen LogP contribution in [0.25, 0.3) is 0 Å². The molecule has 0 aromatic heterocycles. The smallest absolute Gasteiger partial charge is 0.372 e. The van der Waals surface area contributed by atoms with Crippen LogP contribution in [0.4, 0.5) is 22.7 Å². The standard InChI is InChI=1S/C16H9Cl2F4NO2S/c1-7-4-10(16(19,20)21)13-12(5-7)23(26-22)14(24)15(13,25)9-3-2-8(17)6-11(9)18/h2-6,25H,1H3. The van der Waals surface area contributed by atoms with Gasteiger partial charge in [0.25, 0.3) is 5.91 Å². The summed E-state index contributed by atoms with van der Waals surface area (Å²) in [5.41, 5.74) is -5.38. The molecule has 1 atom stereocenters. The largest absolute Gasteiger partial charge is 0.416 e. The lowest BCUT2D eigenvalue weighted by atomic mass is 9.84. The van der Waals surface area contributed by atoms with E-state index in [-0.39, 0.29) is 26.9 Å². The van der Waals surface area contributed by atoms with Crippen LogP contribution < -0.4 is 4.31 Å². The van der Waals surface area contributed by atoms with Crippen molar-refractivity contribution in [3.05, 3.63) is 62.6 Å². The maximum absolute atomic E-state index is 13.6. The molecule has 1 amide bonds. The fourth-order valence-corrected chi connectivity index (χ4v) is 3.95. The zero-order chi connectivity index (χ0) is 19.4. The van der Waals surface area contributed by atoms with Crippen LogP contribution >= 0.6 is 35.5 Å². The fourth-order valence-electron chi connectivity index (χ4n) is 3.00. The highest BCUT2D eigenvalue weighted by atomic mass is 35.5. The number of rotatable bonds is 2. The zero-order valence-electron chi connectivity index (χ0n) is 12.9. The average molecular weight is 426 g/mol. The van der Waals surface area contributed by atoms with E-state index >= 15 is 0 Å². The van der Waals surface area contributed by atoms with Crippen molar-refractivity contribution < 1.29 is 27.0 Å². The average Bonchev–Trinajstić information content (AvgIpc) is 2.73. The van der Waals surface area contributed by atoms with Crippen LogP contribution in [0, 0.1) is 6.92 Å². The van der Waals surface area contributed by atoms with Crippen LogP contribution in [0.15, 0.2) is 30.3 Å². The number of hydrogen-bond donors (Lipinski definition) is 1. The van der Waals surface area contributed by atoms with Crippen LogP contribution in [-0.4, -0.2) is 11.0 Å². The summed E-state index contributed by atoms with van der Waals surface area (Å²) >= 11 is 11.2. The molecule has 0 saturated carbocycles. The Kier molecular flexibility index (Phi) is 4.67. The van der Waals surface area contributed by atoms with Crippen molar-refractivity contribution in [3.63, 3.8) is 0 Å². The molecule has 0 fully saturated rings. The van der Waals surface area contributed by atoms with Gasteiger partial charge >= 0.3 is 6.18 Å². The van der Waals surface area contributed by atoms with Gasteiger partial charge in [0, 0.05) is 21.2 Å². The third-order valence-corrected chi connectivity index (χ3v) is 5.08. The van der Waals surface area contributed by atoms with E-state index in [1.165, 1.54) is 25.1 Å². The number of aryl methyl sites for hydroxylation is 1. The van der Waals surface area contributed by atoms with Gasteiger partial charge in [-0.25, -0.2) is 4.31 Å². The summed E-state index contributed by atoms with van der Waals surface area (Å²) in [5.74, 6) is -1.29. The SMILES string of the molecule is Cc1cc2c(c(C(F)(F)F)c1)C(O)(c1ccc(Cl)cc1Cl)C(=O)N2SF. The van der Waals surface area contributed by atoms with Crippen molar-refractivity contribution in [1.82, 2.24) is 0 Å². The Morgan fingerprint density at radius 3 is 2.38 bits per heavy atom. The van der Waals surface area contributed by atoms with Gasteiger partial charge in [0.15, 0.2) is 17.9 Å². The van der Waals surface area contributed by atoms with Crippen molar-refractivity contribution in [2.45, 2.75) is 18.7 Å². The van der Waals surface area contributed by atoms with Gasteiger partial charge in [0.1, 0.15) is 0 Å². The number of halogens is 6. The lowest BCUT2D eigenvalue weighted by Gasteiger charge is -2.26. The Labute approximate surface area is 159 Å². The minimum Gasteiger partial charge on any atom is -0.372 e. The van der Waals surface area contributed by atoms with Gasteiger partial charge in [0.2, 0.25) is 0 Å². The predicted molar refractivity (Wildman–Crippen MR) is 91.8 cm³/mol. The van der Waals surface area contributed by atoms with Crippen molar-refractivity contribution in [2.75, 3.05) is 4.31 Å². The molecule has 3 rings (SSSR count). The molecule has 2 aromatic rings. The summed E-state index contributed by atoms with van der Waals surface area (Å²) in [6.45, 7) is 1.37. The van der Waals surface area contributed by atoms with Crippen molar-refractivity contribution >= 4 is 47.1 Å². The molecule has 0 bridgehead atoms. The first-order valence-electron chi connectivity index (χ1n) is 7.05. The van der Waals surface area contributed by atoms with Crippen LogP contribution in [0.3, 0.4) is 0 Å². The number of aliphatic hydroxyl groups is 1. The third-order valence-electron chi connectivity index (χ3n) is 4.03. The Bertz CT molecular complexity index is 922. The molecule has 2 aromatic carbocycles. The van der Waals surface area contributed by atoms with Gasteiger partial charge in [-0.3, -0.25) is 4.79 Å². The molecule has 0 spiro atoms. The molecular formula is C16H9Cl2F4NO2S.